The van der Waals surface area contributed by atoms with Gasteiger partial charge in [0.05, 0.1) is 13.2 Å². The molecule has 1 aliphatic heterocycles. The first-order valence-corrected chi connectivity index (χ1v) is 5.49. The maximum atomic E-state index is 10.5. The van der Waals surface area contributed by atoms with E-state index in [9.17, 15) is 10.1 Å². The van der Waals surface area contributed by atoms with Crippen molar-refractivity contribution < 1.29 is 14.4 Å². The van der Waals surface area contributed by atoms with Crippen LogP contribution in [0.15, 0.2) is 0 Å². The molecule has 2 fully saturated rings. The smallest absolute Gasteiger partial charge is 0.206 e. The highest BCUT2D eigenvalue weighted by Crippen LogP contribution is 2.41. The van der Waals surface area contributed by atoms with Gasteiger partial charge in [-0.1, -0.05) is 6.92 Å². The lowest BCUT2D eigenvalue weighted by Gasteiger charge is -2.38. The van der Waals surface area contributed by atoms with Crippen molar-refractivity contribution in [2.75, 3.05) is 19.8 Å². The van der Waals surface area contributed by atoms with Gasteiger partial charge in [-0.15, -0.1) is 0 Å². The number of nitrogens with zero attached hydrogens (tertiary/aromatic N) is 1. The molecule has 1 heterocycles. The summed E-state index contributed by atoms with van der Waals surface area (Å²) in [4.78, 5) is 10.3. The van der Waals surface area contributed by atoms with E-state index in [4.69, 9.17) is 9.47 Å². The maximum Gasteiger partial charge on any atom is 0.206 e. The van der Waals surface area contributed by atoms with Gasteiger partial charge in [-0.2, -0.15) is 0 Å². The molecule has 0 N–H and O–H groups in total. The van der Waals surface area contributed by atoms with Crippen molar-refractivity contribution >= 4 is 0 Å². The highest BCUT2D eigenvalue weighted by Gasteiger charge is 2.45. The molecule has 5 heteroatoms. The van der Waals surface area contributed by atoms with E-state index in [0.717, 1.165) is 12.8 Å². The van der Waals surface area contributed by atoms with Gasteiger partial charge in [-0.3, -0.25) is 10.1 Å². The first-order chi connectivity index (χ1) is 7.10. The van der Waals surface area contributed by atoms with Gasteiger partial charge in [0.2, 0.25) is 6.54 Å². The van der Waals surface area contributed by atoms with E-state index < -0.39 is 5.79 Å². The van der Waals surface area contributed by atoms with Crippen molar-refractivity contribution in [2.24, 2.45) is 11.8 Å². The Morgan fingerprint density at radius 1 is 1.40 bits per heavy atom. The van der Waals surface area contributed by atoms with Crippen LogP contribution in [0.25, 0.3) is 0 Å². The molecule has 0 aromatic carbocycles. The van der Waals surface area contributed by atoms with Crippen LogP contribution in [-0.2, 0) is 9.47 Å². The van der Waals surface area contributed by atoms with Crippen LogP contribution < -0.4 is 0 Å². The van der Waals surface area contributed by atoms with Crippen LogP contribution in [0.3, 0.4) is 0 Å². The molecule has 0 aromatic rings. The Hall–Kier alpha value is -0.680. The zero-order valence-corrected chi connectivity index (χ0v) is 8.98. The Balaban J connectivity index is 2.00. The molecule has 0 amide bonds. The van der Waals surface area contributed by atoms with E-state index in [0.29, 0.717) is 25.6 Å². The van der Waals surface area contributed by atoms with Crippen LogP contribution in [0, 0.1) is 22.0 Å². The molecule has 1 spiro atoms. The molecule has 2 atom stereocenters. The van der Waals surface area contributed by atoms with Crippen molar-refractivity contribution in [1.82, 2.24) is 0 Å². The van der Waals surface area contributed by atoms with E-state index in [-0.39, 0.29) is 17.4 Å². The minimum absolute atomic E-state index is 0.0405. The molecule has 0 bridgehead atoms. The second-order valence-electron chi connectivity index (χ2n) is 4.74. The summed E-state index contributed by atoms with van der Waals surface area (Å²) in [6, 6.07) is 0. The molecule has 15 heavy (non-hydrogen) atoms. The van der Waals surface area contributed by atoms with Crippen LogP contribution in [-0.4, -0.2) is 30.5 Å². The highest BCUT2D eigenvalue weighted by atomic mass is 16.7. The summed E-state index contributed by atoms with van der Waals surface area (Å²) in [5, 5.41) is 10.5. The fourth-order valence-electron chi connectivity index (χ4n) is 2.87. The third-order valence-corrected chi connectivity index (χ3v) is 3.22. The van der Waals surface area contributed by atoms with E-state index in [1.165, 1.54) is 0 Å². The van der Waals surface area contributed by atoms with Crippen molar-refractivity contribution in [3.05, 3.63) is 10.1 Å². The van der Waals surface area contributed by atoms with Crippen LogP contribution in [0.4, 0.5) is 0 Å². The van der Waals surface area contributed by atoms with Crippen molar-refractivity contribution in [2.45, 2.75) is 32.0 Å². The van der Waals surface area contributed by atoms with Crippen LogP contribution in [0.1, 0.15) is 26.2 Å². The van der Waals surface area contributed by atoms with Gasteiger partial charge in [0.1, 0.15) is 0 Å². The summed E-state index contributed by atoms with van der Waals surface area (Å²) in [7, 11) is 0. The maximum absolute atomic E-state index is 10.5. The number of rotatable bonds is 2. The van der Waals surface area contributed by atoms with Crippen molar-refractivity contribution in [1.29, 1.82) is 0 Å². The molecule has 0 radical (unpaired) electrons. The average Bonchev–Trinajstić information content (AvgIpc) is 2.49. The van der Waals surface area contributed by atoms with Crippen molar-refractivity contribution in [3.63, 3.8) is 0 Å². The predicted octanol–water partition coefficient (Wildman–Crippen LogP) is 1.44. The minimum Gasteiger partial charge on any atom is -0.348 e. The highest BCUT2D eigenvalue weighted by molar-refractivity contribution is 4.86. The number of ether oxygens (including phenoxy) is 2. The first kappa shape index (κ1) is 10.8. The Bertz CT molecular complexity index is 250. The topological polar surface area (TPSA) is 61.6 Å². The molecular formula is C10H17NO4. The molecule has 0 aromatic heterocycles. The largest absolute Gasteiger partial charge is 0.348 e. The third kappa shape index (κ3) is 2.46. The Morgan fingerprint density at radius 2 is 2.07 bits per heavy atom. The summed E-state index contributed by atoms with van der Waals surface area (Å²) in [6.45, 7) is 3.40. The second kappa shape index (κ2) is 4.06. The molecular weight excluding hydrogens is 198 g/mol. The number of hydrogen-bond donors (Lipinski definition) is 0. The molecule has 5 nitrogen and oxygen atoms in total. The van der Waals surface area contributed by atoms with Gasteiger partial charge in [0, 0.05) is 23.7 Å². The summed E-state index contributed by atoms with van der Waals surface area (Å²) < 4.78 is 11.2. The molecule has 86 valence electrons. The number of nitro groups is 1. The van der Waals surface area contributed by atoms with Gasteiger partial charge >= 0.3 is 0 Å². The first-order valence-electron chi connectivity index (χ1n) is 5.49. The standard InChI is InChI=1S/C10H17NO4/c1-8-4-9(7-11(12)13)6-10(5-8)14-2-3-15-10/h8-9H,2-7H2,1H3/t8-,9+/m1/s1. The summed E-state index contributed by atoms with van der Waals surface area (Å²) in [5.41, 5.74) is 0. The van der Waals surface area contributed by atoms with Gasteiger partial charge < -0.3 is 9.47 Å². The molecule has 1 saturated heterocycles. The van der Waals surface area contributed by atoms with E-state index in [2.05, 4.69) is 6.92 Å². The lowest BCUT2D eigenvalue weighted by Crippen LogP contribution is -2.41. The zero-order chi connectivity index (χ0) is 10.9. The van der Waals surface area contributed by atoms with E-state index >= 15 is 0 Å². The lowest BCUT2D eigenvalue weighted by atomic mass is 9.78. The Kier molecular flexibility index (Phi) is 2.93. The zero-order valence-electron chi connectivity index (χ0n) is 8.98. The SMILES string of the molecule is C[C@@H]1C[C@H](C[N+](=O)[O-])CC2(C1)OCCO2. The lowest BCUT2D eigenvalue weighted by molar-refractivity contribution is -0.491. The van der Waals surface area contributed by atoms with E-state index in [1.54, 1.807) is 0 Å². The van der Waals surface area contributed by atoms with Crippen LogP contribution in [0.5, 0.6) is 0 Å². The average molecular weight is 215 g/mol. The van der Waals surface area contributed by atoms with Crippen LogP contribution >= 0.6 is 0 Å². The Morgan fingerprint density at radius 3 is 2.67 bits per heavy atom. The third-order valence-electron chi connectivity index (χ3n) is 3.22. The quantitative estimate of drug-likeness (QED) is 0.516. The second-order valence-corrected chi connectivity index (χ2v) is 4.74. The van der Waals surface area contributed by atoms with Crippen LogP contribution in [0.2, 0.25) is 0 Å². The molecule has 2 rings (SSSR count). The summed E-state index contributed by atoms with van der Waals surface area (Å²) in [5.74, 6) is 0.0434. The van der Waals surface area contributed by atoms with Crippen molar-refractivity contribution in [3.8, 4) is 0 Å². The van der Waals surface area contributed by atoms with Gasteiger partial charge in [-0.05, 0) is 12.3 Å². The summed E-state index contributed by atoms with van der Waals surface area (Å²) >= 11 is 0. The van der Waals surface area contributed by atoms with Gasteiger partial charge in [0.15, 0.2) is 5.79 Å². The molecule has 1 saturated carbocycles. The number of hydrogen-bond acceptors (Lipinski definition) is 4. The predicted molar refractivity (Wildman–Crippen MR) is 53.0 cm³/mol. The monoisotopic (exact) mass is 215 g/mol. The fraction of sp³-hybridized carbons (Fsp3) is 1.00. The van der Waals surface area contributed by atoms with Gasteiger partial charge in [0.25, 0.3) is 0 Å². The summed E-state index contributed by atoms with van der Waals surface area (Å²) in [6.07, 6.45) is 2.47. The van der Waals surface area contributed by atoms with E-state index in [1.807, 2.05) is 0 Å². The molecule has 1 aliphatic carbocycles. The minimum atomic E-state index is -0.502. The molecule has 0 unspecified atom stereocenters. The normalized spacial score (nSPS) is 34.5. The Labute approximate surface area is 88.9 Å². The fourth-order valence-corrected chi connectivity index (χ4v) is 2.87. The van der Waals surface area contributed by atoms with Gasteiger partial charge in [-0.25, -0.2) is 0 Å². The molecule has 2 aliphatic rings.